The summed E-state index contributed by atoms with van der Waals surface area (Å²) in [5.74, 6) is 0. The molecule has 41 heavy (non-hydrogen) atoms. The molecule has 2 heteroatoms. The molecule has 6 aromatic rings. The predicted octanol–water partition coefficient (Wildman–Crippen LogP) is 11.1. The average Bonchev–Trinajstić information content (AvgIpc) is 3.35. The first-order valence-corrected chi connectivity index (χ1v) is 15.6. The Morgan fingerprint density at radius 2 is 0.951 bits per heavy atom. The minimum Gasteiger partial charge on any atom is -0.309 e. The van der Waals surface area contributed by atoms with Crippen molar-refractivity contribution in [2.75, 3.05) is 4.90 Å². The van der Waals surface area contributed by atoms with Crippen LogP contribution in [0.1, 0.15) is 74.9 Å². The number of hydrogen-bond donors (Lipinski definition) is 0. The van der Waals surface area contributed by atoms with Crippen LogP contribution in [0.15, 0.2) is 91.0 Å². The molecule has 0 saturated heterocycles. The molecule has 9 rings (SSSR count). The minimum absolute atomic E-state index is 0.0644. The molecule has 0 aliphatic carbocycles. The van der Waals surface area contributed by atoms with Gasteiger partial charge in [-0.15, -0.1) is 11.3 Å². The van der Waals surface area contributed by atoms with Crippen LogP contribution in [-0.2, 0) is 16.2 Å². The van der Waals surface area contributed by atoms with Gasteiger partial charge in [-0.1, -0.05) is 114 Å². The maximum atomic E-state index is 2.66. The zero-order valence-electron chi connectivity index (χ0n) is 24.5. The first-order valence-electron chi connectivity index (χ1n) is 14.8. The number of benzene rings is 5. The lowest BCUT2D eigenvalue weighted by molar-refractivity contribution is 0.567. The second kappa shape index (κ2) is 7.30. The summed E-state index contributed by atoms with van der Waals surface area (Å²) in [4.78, 5) is 2.66. The smallest absolute Gasteiger partial charge is 0.0544 e. The van der Waals surface area contributed by atoms with E-state index in [2.05, 4.69) is 137 Å². The molecule has 5 aromatic carbocycles. The van der Waals surface area contributed by atoms with E-state index < -0.39 is 0 Å². The van der Waals surface area contributed by atoms with Crippen LogP contribution in [0.4, 0.5) is 17.1 Å². The van der Waals surface area contributed by atoms with E-state index in [4.69, 9.17) is 0 Å². The van der Waals surface area contributed by atoms with Crippen LogP contribution in [-0.4, -0.2) is 0 Å². The molecule has 0 N–H and O–H groups in total. The van der Waals surface area contributed by atoms with Crippen LogP contribution in [0.2, 0.25) is 0 Å². The largest absolute Gasteiger partial charge is 0.309 e. The molecule has 0 unspecified atom stereocenters. The van der Waals surface area contributed by atoms with Gasteiger partial charge in [-0.3, -0.25) is 0 Å². The van der Waals surface area contributed by atoms with E-state index >= 15 is 0 Å². The van der Waals surface area contributed by atoms with Gasteiger partial charge in [-0.25, -0.2) is 0 Å². The Morgan fingerprint density at radius 3 is 1.54 bits per heavy atom. The van der Waals surface area contributed by atoms with Crippen molar-refractivity contribution in [3.8, 4) is 11.1 Å². The molecule has 200 valence electrons. The molecule has 3 aliphatic heterocycles. The molecule has 0 spiro atoms. The molecule has 0 amide bonds. The lowest BCUT2D eigenvalue weighted by Gasteiger charge is -2.55. The van der Waals surface area contributed by atoms with Gasteiger partial charge < -0.3 is 4.90 Å². The summed E-state index contributed by atoms with van der Waals surface area (Å²) in [5.41, 5.74) is 15.1. The van der Waals surface area contributed by atoms with Crippen molar-refractivity contribution in [3.05, 3.63) is 124 Å². The van der Waals surface area contributed by atoms with Crippen molar-refractivity contribution in [3.63, 3.8) is 0 Å². The van der Waals surface area contributed by atoms with Gasteiger partial charge in [-0.2, -0.15) is 0 Å². The summed E-state index contributed by atoms with van der Waals surface area (Å²) < 4.78 is 2.74. The van der Waals surface area contributed by atoms with Crippen molar-refractivity contribution in [1.29, 1.82) is 0 Å². The fraction of sp³-hybridized carbons (Fsp3) is 0.231. The maximum absolute atomic E-state index is 2.66. The van der Waals surface area contributed by atoms with E-state index in [1.807, 2.05) is 11.3 Å². The molecule has 0 fully saturated rings. The van der Waals surface area contributed by atoms with Crippen LogP contribution < -0.4 is 4.90 Å². The van der Waals surface area contributed by atoms with Gasteiger partial charge in [0, 0.05) is 36.4 Å². The summed E-state index contributed by atoms with van der Waals surface area (Å²) in [7, 11) is 0. The summed E-state index contributed by atoms with van der Waals surface area (Å²) in [6.45, 7) is 14.6. The quantitative estimate of drug-likeness (QED) is 0.198. The second-order valence-corrected chi connectivity index (χ2v) is 14.9. The lowest BCUT2D eigenvalue weighted by Crippen LogP contribution is -2.43. The Kier molecular flexibility index (Phi) is 4.24. The monoisotopic (exact) mass is 547 g/mol. The number of anilines is 3. The van der Waals surface area contributed by atoms with Gasteiger partial charge in [-0.05, 0) is 62.7 Å². The lowest BCUT2D eigenvalue weighted by atomic mass is 9.60. The van der Waals surface area contributed by atoms with E-state index in [1.54, 1.807) is 0 Å². The number of thiophene rings is 1. The maximum Gasteiger partial charge on any atom is 0.0544 e. The van der Waals surface area contributed by atoms with Gasteiger partial charge >= 0.3 is 0 Å². The number of nitrogens with zero attached hydrogens (tertiary/aromatic N) is 1. The highest BCUT2D eigenvalue weighted by atomic mass is 32.1. The Balaban J connectivity index is 1.43. The number of rotatable bonds is 1. The van der Waals surface area contributed by atoms with Crippen LogP contribution in [0, 0.1) is 0 Å². The SMILES string of the molecule is CC1(C)c2cccc3c2N2c4c1cccc4C(C)(C)c1cc(-c4cccc5c4sc4ccccc45)cc(c12)C3(C)C. The van der Waals surface area contributed by atoms with Crippen LogP contribution in [0.5, 0.6) is 0 Å². The first-order chi connectivity index (χ1) is 19.6. The van der Waals surface area contributed by atoms with Crippen molar-refractivity contribution in [1.82, 2.24) is 0 Å². The fourth-order valence-corrected chi connectivity index (χ4v) is 9.55. The fourth-order valence-electron chi connectivity index (χ4n) is 8.32. The molecular weight excluding hydrogens is 515 g/mol. The standard InChI is InChI=1S/C39H33NS/c1-37(2)26-15-10-17-28-33(26)40-34-27(37)16-11-18-29(34)39(5,6)31-21-22(20-30(35(31)40)38(28,3)4)23-13-9-14-25-24-12-7-8-19-32(24)41-36(23)25/h7-21H,1-6H3. The summed E-state index contributed by atoms with van der Waals surface area (Å²) in [6, 6.07) is 34.8. The Labute approximate surface area is 246 Å². The van der Waals surface area contributed by atoms with E-state index in [9.17, 15) is 0 Å². The average molecular weight is 548 g/mol. The third kappa shape index (κ3) is 2.69. The van der Waals surface area contributed by atoms with Crippen LogP contribution in [0.3, 0.4) is 0 Å². The van der Waals surface area contributed by atoms with E-state index in [-0.39, 0.29) is 16.2 Å². The van der Waals surface area contributed by atoms with Gasteiger partial charge in [0.2, 0.25) is 0 Å². The van der Waals surface area contributed by atoms with Crippen molar-refractivity contribution >= 4 is 48.6 Å². The third-order valence-corrected chi connectivity index (χ3v) is 11.8. The van der Waals surface area contributed by atoms with E-state index in [1.165, 1.54) is 81.7 Å². The molecular formula is C39H33NS. The van der Waals surface area contributed by atoms with Gasteiger partial charge in [0.15, 0.2) is 0 Å². The highest BCUT2D eigenvalue weighted by Crippen LogP contribution is 2.66. The second-order valence-electron chi connectivity index (χ2n) is 13.8. The Morgan fingerprint density at radius 1 is 0.488 bits per heavy atom. The highest BCUT2D eigenvalue weighted by Gasteiger charge is 2.51. The molecule has 4 heterocycles. The van der Waals surface area contributed by atoms with Gasteiger partial charge in [0.25, 0.3) is 0 Å². The molecule has 0 saturated carbocycles. The molecule has 1 nitrogen and oxygen atoms in total. The van der Waals surface area contributed by atoms with Gasteiger partial charge in [0.1, 0.15) is 0 Å². The summed E-state index contributed by atoms with van der Waals surface area (Å²) in [5, 5.41) is 2.71. The molecule has 1 aromatic heterocycles. The summed E-state index contributed by atoms with van der Waals surface area (Å²) >= 11 is 1.92. The molecule has 3 aliphatic rings. The number of hydrogen-bond acceptors (Lipinski definition) is 2. The number of para-hydroxylation sites is 2. The van der Waals surface area contributed by atoms with Crippen molar-refractivity contribution < 1.29 is 0 Å². The molecule has 0 radical (unpaired) electrons. The molecule has 0 atom stereocenters. The Hall–Kier alpha value is -3.88. The van der Waals surface area contributed by atoms with E-state index in [0.29, 0.717) is 0 Å². The van der Waals surface area contributed by atoms with Crippen molar-refractivity contribution in [2.24, 2.45) is 0 Å². The van der Waals surface area contributed by atoms with Gasteiger partial charge in [0.05, 0.1) is 17.1 Å². The third-order valence-electron chi connectivity index (χ3n) is 10.6. The number of fused-ring (bicyclic) bond motifs is 3. The normalized spacial score (nSPS) is 18.0. The van der Waals surface area contributed by atoms with Crippen LogP contribution >= 0.6 is 11.3 Å². The first kappa shape index (κ1) is 23.8. The van der Waals surface area contributed by atoms with Crippen molar-refractivity contribution in [2.45, 2.75) is 57.8 Å². The minimum atomic E-state index is -0.133. The Bertz CT molecular complexity index is 2050. The zero-order chi connectivity index (χ0) is 28.1. The zero-order valence-corrected chi connectivity index (χ0v) is 25.3. The van der Waals surface area contributed by atoms with E-state index in [0.717, 1.165) is 0 Å². The topological polar surface area (TPSA) is 3.24 Å². The molecule has 0 bridgehead atoms. The predicted molar refractivity (Wildman–Crippen MR) is 176 cm³/mol. The summed E-state index contributed by atoms with van der Waals surface area (Å²) in [6.07, 6.45) is 0. The highest BCUT2D eigenvalue weighted by molar-refractivity contribution is 7.26. The van der Waals surface area contributed by atoms with Crippen LogP contribution in [0.25, 0.3) is 31.3 Å².